The summed E-state index contributed by atoms with van der Waals surface area (Å²) in [7, 11) is 0. The Morgan fingerprint density at radius 3 is 2.83 bits per heavy atom. The summed E-state index contributed by atoms with van der Waals surface area (Å²) in [6.45, 7) is 0. The number of H-pyrrole nitrogens is 1. The van der Waals surface area contributed by atoms with Crippen molar-refractivity contribution in [2.45, 2.75) is 31.2 Å². The summed E-state index contributed by atoms with van der Waals surface area (Å²) < 4.78 is 5.04. The van der Waals surface area contributed by atoms with Crippen molar-refractivity contribution in [3.8, 4) is 0 Å². The molecule has 0 bridgehead atoms. The molecular formula is C13H12N2O3. The molecule has 3 rings (SSSR count). The monoisotopic (exact) mass is 244 g/mol. The Hall–Kier alpha value is -2.13. The van der Waals surface area contributed by atoms with Crippen LogP contribution < -0.4 is 5.76 Å². The van der Waals surface area contributed by atoms with Gasteiger partial charge in [0.05, 0.1) is 5.52 Å². The van der Waals surface area contributed by atoms with Gasteiger partial charge in [0.15, 0.2) is 5.58 Å². The van der Waals surface area contributed by atoms with Crippen molar-refractivity contribution >= 4 is 17.2 Å². The van der Waals surface area contributed by atoms with E-state index in [2.05, 4.69) is 9.98 Å². The number of aliphatic imine (C=N–C) groups is 1. The predicted molar refractivity (Wildman–Crippen MR) is 65.1 cm³/mol. The molecule has 1 fully saturated rings. The van der Waals surface area contributed by atoms with Gasteiger partial charge in [-0.2, -0.15) is 4.99 Å². The Balaban J connectivity index is 2.29. The predicted octanol–water partition coefficient (Wildman–Crippen LogP) is 2.23. The van der Waals surface area contributed by atoms with Crippen molar-refractivity contribution in [2.75, 3.05) is 0 Å². The molecule has 0 unspecified atom stereocenters. The minimum atomic E-state index is -0.548. The lowest BCUT2D eigenvalue weighted by Gasteiger charge is -2.22. The van der Waals surface area contributed by atoms with Crippen LogP contribution in [-0.4, -0.2) is 11.1 Å². The highest BCUT2D eigenvalue weighted by Gasteiger charge is 2.37. The lowest BCUT2D eigenvalue weighted by Crippen LogP contribution is -2.19. The Kier molecular flexibility index (Phi) is 2.42. The minimum absolute atomic E-state index is 0.485. The number of hydrogen-bond acceptors (Lipinski definition) is 4. The molecule has 1 aromatic heterocycles. The molecule has 1 N–H and O–H groups in total. The maximum absolute atomic E-state index is 11.3. The van der Waals surface area contributed by atoms with E-state index in [0.717, 1.165) is 31.2 Å². The summed E-state index contributed by atoms with van der Waals surface area (Å²) in [5.74, 6) is -0.485. The van der Waals surface area contributed by atoms with Gasteiger partial charge in [-0.3, -0.25) is 4.98 Å². The largest absolute Gasteiger partial charge is 0.417 e. The summed E-state index contributed by atoms with van der Waals surface area (Å²) >= 11 is 0. The number of benzene rings is 1. The van der Waals surface area contributed by atoms with E-state index in [-0.39, 0.29) is 0 Å². The summed E-state index contributed by atoms with van der Waals surface area (Å²) in [6.07, 6.45) is 5.31. The van der Waals surface area contributed by atoms with Crippen LogP contribution in [0.3, 0.4) is 0 Å². The van der Waals surface area contributed by atoms with Crippen LogP contribution in [0.2, 0.25) is 0 Å². The third-order valence-electron chi connectivity index (χ3n) is 3.65. The highest BCUT2D eigenvalue weighted by atomic mass is 16.4. The average molecular weight is 244 g/mol. The Bertz CT molecular complexity index is 686. The van der Waals surface area contributed by atoms with Crippen LogP contribution in [0.25, 0.3) is 11.1 Å². The van der Waals surface area contributed by atoms with E-state index in [1.54, 1.807) is 12.1 Å². The molecule has 2 aromatic rings. The third kappa shape index (κ3) is 1.52. The standard InChI is InChI=1S/C13H12N2O3/c16-8-14-13(6-1-2-7-13)9-4-3-5-10-11(9)15-12(17)18-10/h3-5H,1-2,6-7H2,(H,15,17). The zero-order valence-corrected chi connectivity index (χ0v) is 9.73. The third-order valence-corrected chi connectivity index (χ3v) is 3.65. The van der Waals surface area contributed by atoms with E-state index in [1.807, 2.05) is 12.1 Å². The first kappa shape index (κ1) is 11.0. The molecule has 0 spiro atoms. The van der Waals surface area contributed by atoms with E-state index in [0.29, 0.717) is 11.1 Å². The van der Waals surface area contributed by atoms with Crippen LogP contribution in [0.15, 0.2) is 32.4 Å². The van der Waals surface area contributed by atoms with E-state index in [4.69, 9.17) is 4.42 Å². The minimum Gasteiger partial charge on any atom is -0.408 e. The molecule has 0 saturated heterocycles. The lowest BCUT2D eigenvalue weighted by molar-refractivity contribution is 0.459. The van der Waals surface area contributed by atoms with Crippen molar-refractivity contribution < 1.29 is 9.21 Å². The van der Waals surface area contributed by atoms with Gasteiger partial charge in [-0.05, 0) is 18.9 Å². The van der Waals surface area contributed by atoms with Gasteiger partial charge < -0.3 is 4.42 Å². The highest BCUT2D eigenvalue weighted by Crippen LogP contribution is 2.43. The summed E-state index contributed by atoms with van der Waals surface area (Å²) in [4.78, 5) is 28.7. The van der Waals surface area contributed by atoms with Gasteiger partial charge in [0.25, 0.3) is 0 Å². The average Bonchev–Trinajstić information content (AvgIpc) is 2.94. The van der Waals surface area contributed by atoms with Crippen LogP contribution >= 0.6 is 0 Å². The Labute approximate surface area is 103 Å². The number of carbonyl (C=O) groups excluding carboxylic acids is 1. The quantitative estimate of drug-likeness (QED) is 0.650. The van der Waals surface area contributed by atoms with Crippen LogP contribution in [0.1, 0.15) is 31.2 Å². The fourth-order valence-electron chi connectivity index (χ4n) is 2.85. The molecule has 1 saturated carbocycles. The number of aromatic nitrogens is 1. The molecule has 0 atom stereocenters. The zero-order valence-electron chi connectivity index (χ0n) is 9.73. The number of rotatable bonds is 2. The molecule has 1 aromatic carbocycles. The van der Waals surface area contributed by atoms with Crippen LogP contribution in [-0.2, 0) is 10.3 Å². The van der Waals surface area contributed by atoms with Gasteiger partial charge in [-0.1, -0.05) is 25.0 Å². The van der Waals surface area contributed by atoms with Crippen molar-refractivity contribution in [1.82, 2.24) is 4.98 Å². The Morgan fingerprint density at radius 1 is 1.33 bits per heavy atom. The highest BCUT2D eigenvalue weighted by molar-refractivity contribution is 5.77. The van der Waals surface area contributed by atoms with Gasteiger partial charge in [0, 0.05) is 5.56 Å². The van der Waals surface area contributed by atoms with Crippen LogP contribution in [0.4, 0.5) is 0 Å². The second kappa shape index (κ2) is 3.96. The number of oxazole rings is 1. The molecule has 5 nitrogen and oxygen atoms in total. The summed E-state index contributed by atoms with van der Waals surface area (Å²) in [6, 6.07) is 5.43. The topological polar surface area (TPSA) is 75.4 Å². The normalized spacial score (nSPS) is 17.8. The number of isocyanates is 1. The molecular weight excluding hydrogens is 232 g/mol. The first-order chi connectivity index (χ1) is 8.75. The van der Waals surface area contributed by atoms with E-state index in [9.17, 15) is 9.59 Å². The number of nitrogens with one attached hydrogen (secondary N) is 1. The molecule has 0 amide bonds. The lowest BCUT2D eigenvalue weighted by atomic mass is 9.88. The molecule has 1 aliphatic carbocycles. The van der Waals surface area contributed by atoms with Gasteiger partial charge in [0.2, 0.25) is 6.08 Å². The number of aromatic amines is 1. The molecule has 1 heterocycles. The van der Waals surface area contributed by atoms with Crippen molar-refractivity contribution in [3.05, 3.63) is 34.3 Å². The molecule has 0 radical (unpaired) electrons. The molecule has 1 aliphatic rings. The molecule has 18 heavy (non-hydrogen) atoms. The zero-order chi connectivity index (χ0) is 12.6. The number of hydrogen-bond donors (Lipinski definition) is 1. The number of fused-ring (bicyclic) bond motifs is 1. The Morgan fingerprint density at radius 2 is 2.11 bits per heavy atom. The van der Waals surface area contributed by atoms with E-state index in [1.165, 1.54) is 0 Å². The fourth-order valence-corrected chi connectivity index (χ4v) is 2.85. The number of nitrogens with zero attached hydrogens (tertiary/aromatic N) is 1. The second-order valence-electron chi connectivity index (χ2n) is 4.64. The van der Waals surface area contributed by atoms with Gasteiger partial charge in [-0.15, -0.1) is 0 Å². The SMILES string of the molecule is O=C=NC1(c2cccc3oc(=O)[nH]c23)CCCC1. The molecule has 0 aliphatic heterocycles. The van der Waals surface area contributed by atoms with Crippen molar-refractivity contribution in [1.29, 1.82) is 0 Å². The molecule has 92 valence electrons. The van der Waals surface area contributed by atoms with Crippen LogP contribution in [0, 0.1) is 0 Å². The van der Waals surface area contributed by atoms with E-state index < -0.39 is 11.3 Å². The van der Waals surface area contributed by atoms with E-state index >= 15 is 0 Å². The summed E-state index contributed by atoms with van der Waals surface area (Å²) in [5, 5.41) is 0. The maximum atomic E-state index is 11.3. The maximum Gasteiger partial charge on any atom is 0.417 e. The van der Waals surface area contributed by atoms with Gasteiger partial charge >= 0.3 is 5.76 Å². The second-order valence-corrected chi connectivity index (χ2v) is 4.64. The van der Waals surface area contributed by atoms with Gasteiger partial charge in [-0.25, -0.2) is 9.59 Å². The smallest absolute Gasteiger partial charge is 0.408 e. The van der Waals surface area contributed by atoms with Crippen molar-refractivity contribution in [3.63, 3.8) is 0 Å². The summed E-state index contributed by atoms with van der Waals surface area (Å²) in [5.41, 5.74) is 1.45. The fraction of sp³-hybridized carbons (Fsp3) is 0.385. The first-order valence-corrected chi connectivity index (χ1v) is 5.96. The van der Waals surface area contributed by atoms with Crippen molar-refractivity contribution in [2.24, 2.45) is 4.99 Å². The first-order valence-electron chi connectivity index (χ1n) is 5.96. The van der Waals surface area contributed by atoms with Crippen LogP contribution in [0.5, 0.6) is 0 Å². The molecule has 5 heteroatoms. The van der Waals surface area contributed by atoms with Gasteiger partial charge in [0.1, 0.15) is 5.54 Å². The number of para-hydroxylation sites is 1.